The van der Waals surface area contributed by atoms with Crippen molar-refractivity contribution in [2.75, 3.05) is 11.1 Å². The van der Waals surface area contributed by atoms with Crippen LogP contribution in [0, 0.1) is 0 Å². The molecule has 0 unspecified atom stereocenters. The molecule has 19 heavy (non-hydrogen) atoms. The lowest BCUT2D eigenvalue weighted by Gasteiger charge is -2.07. The molecule has 2 aromatic rings. The summed E-state index contributed by atoms with van der Waals surface area (Å²) in [4.78, 5) is 12.0. The lowest BCUT2D eigenvalue weighted by Crippen LogP contribution is -2.12. The molecule has 0 aliphatic rings. The Labute approximate surface area is 128 Å². The van der Waals surface area contributed by atoms with Crippen molar-refractivity contribution in [2.24, 2.45) is 0 Å². The van der Waals surface area contributed by atoms with Crippen LogP contribution >= 0.6 is 39.1 Å². The number of carbonyl (C=O) groups excluding carboxylic acids is 1. The van der Waals surface area contributed by atoms with E-state index in [4.69, 9.17) is 28.9 Å². The molecule has 2 aromatic carbocycles. The summed E-state index contributed by atoms with van der Waals surface area (Å²) in [7, 11) is 0. The van der Waals surface area contributed by atoms with Gasteiger partial charge < -0.3 is 11.1 Å². The molecule has 3 N–H and O–H groups in total. The Morgan fingerprint density at radius 3 is 2.32 bits per heavy atom. The Balaban J connectivity index is 2.22. The topological polar surface area (TPSA) is 55.1 Å². The van der Waals surface area contributed by atoms with Crippen LogP contribution in [0.1, 0.15) is 10.4 Å². The Morgan fingerprint density at radius 1 is 1.11 bits per heavy atom. The summed E-state index contributed by atoms with van der Waals surface area (Å²) < 4.78 is 0.671. The van der Waals surface area contributed by atoms with E-state index in [1.807, 2.05) is 0 Å². The van der Waals surface area contributed by atoms with Crippen LogP contribution in [0.15, 0.2) is 40.9 Å². The minimum Gasteiger partial charge on any atom is -0.398 e. The van der Waals surface area contributed by atoms with E-state index in [0.717, 1.165) is 0 Å². The van der Waals surface area contributed by atoms with Gasteiger partial charge in [0.25, 0.3) is 5.91 Å². The van der Waals surface area contributed by atoms with Crippen molar-refractivity contribution in [3.8, 4) is 0 Å². The summed E-state index contributed by atoms with van der Waals surface area (Å²) in [6.07, 6.45) is 0. The van der Waals surface area contributed by atoms with E-state index < -0.39 is 0 Å². The van der Waals surface area contributed by atoms with E-state index in [1.54, 1.807) is 36.4 Å². The number of halogens is 3. The number of rotatable bonds is 2. The molecule has 0 aromatic heterocycles. The molecule has 0 atom stereocenters. The third-order valence-electron chi connectivity index (χ3n) is 2.38. The number of nitrogens with two attached hydrogens (primary N) is 1. The van der Waals surface area contributed by atoms with Gasteiger partial charge in [-0.05, 0) is 52.3 Å². The maximum atomic E-state index is 12.0. The van der Waals surface area contributed by atoms with Crippen molar-refractivity contribution in [3.05, 3.63) is 56.5 Å². The standard InChI is InChI=1S/C13H9BrCl2N2O/c14-11-3-7(1-2-12(11)17)13(19)18-10-5-8(15)4-9(16)6-10/h1-6H,17H2,(H,18,19). The summed E-state index contributed by atoms with van der Waals surface area (Å²) in [5, 5.41) is 3.64. The molecule has 0 spiro atoms. The van der Waals surface area contributed by atoms with Crippen molar-refractivity contribution in [2.45, 2.75) is 0 Å². The van der Waals surface area contributed by atoms with Crippen LogP contribution in [0.2, 0.25) is 10.0 Å². The second-order valence-corrected chi connectivity index (χ2v) is 5.58. The normalized spacial score (nSPS) is 10.3. The molecular weight excluding hydrogens is 351 g/mol. The van der Waals surface area contributed by atoms with E-state index in [9.17, 15) is 4.79 Å². The summed E-state index contributed by atoms with van der Waals surface area (Å²) in [6, 6.07) is 9.79. The van der Waals surface area contributed by atoms with E-state index in [-0.39, 0.29) is 5.91 Å². The molecule has 98 valence electrons. The fourth-order valence-electron chi connectivity index (χ4n) is 1.50. The van der Waals surface area contributed by atoms with Crippen LogP contribution in [0.25, 0.3) is 0 Å². The zero-order valence-corrected chi connectivity index (χ0v) is 12.7. The number of hydrogen-bond acceptors (Lipinski definition) is 2. The molecule has 0 fully saturated rings. The predicted molar refractivity (Wildman–Crippen MR) is 83.0 cm³/mol. The quantitative estimate of drug-likeness (QED) is 0.770. The number of nitrogen functional groups attached to an aromatic ring is 1. The van der Waals surface area contributed by atoms with Gasteiger partial charge in [0.1, 0.15) is 0 Å². The van der Waals surface area contributed by atoms with Crippen LogP contribution < -0.4 is 11.1 Å². The largest absolute Gasteiger partial charge is 0.398 e. The molecule has 0 saturated heterocycles. The molecule has 1 amide bonds. The molecule has 3 nitrogen and oxygen atoms in total. The first-order valence-corrected chi connectivity index (χ1v) is 6.83. The van der Waals surface area contributed by atoms with Crippen molar-refractivity contribution < 1.29 is 4.79 Å². The Kier molecular flexibility index (Phi) is 4.34. The molecule has 0 heterocycles. The Hall–Kier alpha value is -1.23. The number of benzene rings is 2. The first kappa shape index (κ1) is 14.2. The maximum absolute atomic E-state index is 12.0. The fourth-order valence-corrected chi connectivity index (χ4v) is 2.40. The third kappa shape index (κ3) is 3.62. The number of nitrogens with one attached hydrogen (secondary N) is 1. The Morgan fingerprint density at radius 2 is 1.74 bits per heavy atom. The monoisotopic (exact) mass is 358 g/mol. The molecule has 0 aliphatic carbocycles. The van der Waals surface area contributed by atoms with Gasteiger partial charge in [-0.3, -0.25) is 4.79 Å². The molecule has 0 saturated carbocycles. The molecule has 2 rings (SSSR count). The van der Waals surface area contributed by atoms with Crippen molar-refractivity contribution in [1.29, 1.82) is 0 Å². The van der Waals surface area contributed by atoms with Crippen molar-refractivity contribution >= 4 is 56.4 Å². The number of carbonyl (C=O) groups is 1. The van der Waals surface area contributed by atoms with E-state index >= 15 is 0 Å². The van der Waals surface area contributed by atoms with Gasteiger partial charge in [-0.1, -0.05) is 23.2 Å². The van der Waals surface area contributed by atoms with Gasteiger partial charge in [-0.15, -0.1) is 0 Å². The highest BCUT2D eigenvalue weighted by atomic mass is 79.9. The smallest absolute Gasteiger partial charge is 0.255 e. The summed E-state index contributed by atoms with van der Waals surface area (Å²) in [5.41, 5.74) is 7.26. The fraction of sp³-hybridized carbons (Fsp3) is 0. The van der Waals surface area contributed by atoms with Crippen LogP contribution in [0.3, 0.4) is 0 Å². The van der Waals surface area contributed by atoms with Crippen LogP contribution in [-0.2, 0) is 0 Å². The zero-order valence-electron chi connectivity index (χ0n) is 9.58. The average molecular weight is 360 g/mol. The average Bonchev–Trinajstić information content (AvgIpc) is 2.31. The van der Waals surface area contributed by atoms with Gasteiger partial charge in [0.05, 0.1) is 0 Å². The zero-order chi connectivity index (χ0) is 14.0. The Bertz CT molecular complexity index is 626. The highest BCUT2D eigenvalue weighted by Crippen LogP contribution is 2.24. The number of anilines is 2. The van der Waals surface area contributed by atoms with Gasteiger partial charge >= 0.3 is 0 Å². The number of amides is 1. The first-order chi connectivity index (χ1) is 8.95. The molecular formula is C13H9BrCl2N2O. The summed E-state index contributed by atoms with van der Waals surface area (Å²) in [5.74, 6) is -0.265. The van der Waals surface area contributed by atoms with E-state index in [1.165, 1.54) is 0 Å². The lowest BCUT2D eigenvalue weighted by atomic mass is 10.2. The molecule has 6 heteroatoms. The van der Waals surface area contributed by atoms with Gasteiger partial charge in [0.2, 0.25) is 0 Å². The molecule has 0 radical (unpaired) electrons. The second-order valence-electron chi connectivity index (χ2n) is 3.85. The van der Waals surface area contributed by atoms with Crippen LogP contribution in [0.5, 0.6) is 0 Å². The molecule has 0 bridgehead atoms. The van der Waals surface area contributed by atoms with Crippen LogP contribution in [-0.4, -0.2) is 5.91 Å². The summed E-state index contributed by atoms with van der Waals surface area (Å²) in [6.45, 7) is 0. The maximum Gasteiger partial charge on any atom is 0.255 e. The minimum absolute atomic E-state index is 0.265. The molecule has 0 aliphatic heterocycles. The second kappa shape index (κ2) is 5.82. The third-order valence-corrected chi connectivity index (χ3v) is 3.51. The van der Waals surface area contributed by atoms with Gasteiger partial charge in [-0.2, -0.15) is 0 Å². The van der Waals surface area contributed by atoms with E-state index in [0.29, 0.717) is 31.5 Å². The number of hydrogen-bond donors (Lipinski definition) is 2. The van der Waals surface area contributed by atoms with E-state index in [2.05, 4.69) is 21.2 Å². The minimum atomic E-state index is -0.265. The first-order valence-electron chi connectivity index (χ1n) is 5.28. The lowest BCUT2D eigenvalue weighted by molar-refractivity contribution is 0.102. The highest BCUT2D eigenvalue weighted by Gasteiger charge is 2.08. The predicted octanol–water partition coefficient (Wildman–Crippen LogP) is 4.59. The summed E-state index contributed by atoms with van der Waals surface area (Å²) >= 11 is 15.0. The SMILES string of the molecule is Nc1ccc(C(=O)Nc2cc(Cl)cc(Cl)c2)cc1Br. The van der Waals surface area contributed by atoms with Crippen molar-refractivity contribution in [3.63, 3.8) is 0 Å². The highest BCUT2D eigenvalue weighted by molar-refractivity contribution is 9.10. The van der Waals surface area contributed by atoms with Gasteiger partial charge in [0, 0.05) is 31.5 Å². The van der Waals surface area contributed by atoms with Gasteiger partial charge in [-0.25, -0.2) is 0 Å². The van der Waals surface area contributed by atoms with Gasteiger partial charge in [0.15, 0.2) is 0 Å². The van der Waals surface area contributed by atoms with Crippen LogP contribution in [0.4, 0.5) is 11.4 Å². The van der Waals surface area contributed by atoms with Crippen molar-refractivity contribution in [1.82, 2.24) is 0 Å².